The van der Waals surface area contributed by atoms with Gasteiger partial charge in [-0.15, -0.1) is 0 Å². The van der Waals surface area contributed by atoms with Crippen LogP contribution in [0.2, 0.25) is 0 Å². The van der Waals surface area contributed by atoms with E-state index in [1.165, 1.54) is 82.6 Å². The van der Waals surface area contributed by atoms with Gasteiger partial charge in [-0.25, -0.2) is 0 Å². The van der Waals surface area contributed by atoms with Gasteiger partial charge >= 0.3 is 0 Å². The zero-order valence-corrected chi connectivity index (χ0v) is 32.9. The topological polar surface area (TPSA) is 9.86 Å². The highest BCUT2D eigenvalue weighted by atomic mass is 15.0. The smallest absolute Gasteiger partial charge is 0.0553 e. The van der Waals surface area contributed by atoms with Crippen LogP contribution >= 0.6 is 0 Å². The molecule has 11 aromatic rings. The van der Waals surface area contributed by atoms with Crippen molar-refractivity contribution in [3.8, 4) is 67.0 Å². The maximum absolute atomic E-state index is 4.26. The number of benzene rings is 9. The fourth-order valence-electron chi connectivity index (χ4n) is 9.96. The minimum atomic E-state index is 1.04. The van der Waals surface area contributed by atoms with E-state index in [0.717, 1.165) is 39.1 Å². The molecule has 60 heavy (non-hydrogen) atoms. The summed E-state index contributed by atoms with van der Waals surface area (Å²) < 4.78 is 4.79. The number of hydrogen-bond acceptors (Lipinski definition) is 0. The van der Waals surface area contributed by atoms with Gasteiger partial charge < -0.3 is 9.13 Å². The molecule has 1 aliphatic carbocycles. The van der Waals surface area contributed by atoms with E-state index in [4.69, 9.17) is 0 Å². The predicted molar refractivity (Wildman–Crippen MR) is 256 cm³/mol. The number of para-hydroxylation sites is 1. The van der Waals surface area contributed by atoms with Crippen LogP contribution < -0.4 is 0 Å². The van der Waals surface area contributed by atoms with Gasteiger partial charge in [-0.2, -0.15) is 0 Å². The number of rotatable bonds is 7. The van der Waals surface area contributed by atoms with Crippen molar-refractivity contribution in [1.82, 2.24) is 9.13 Å². The third-order valence-corrected chi connectivity index (χ3v) is 12.6. The first-order chi connectivity index (χ1) is 29.7. The fraction of sp³-hybridized carbons (Fsp3) is 0. The van der Waals surface area contributed by atoms with Gasteiger partial charge in [0.2, 0.25) is 0 Å². The van der Waals surface area contributed by atoms with Crippen molar-refractivity contribution in [3.63, 3.8) is 0 Å². The van der Waals surface area contributed by atoms with Gasteiger partial charge in [-0.05, 0) is 133 Å². The Morgan fingerprint density at radius 3 is 1.52 bits per heavy atom. The Balaban J connectivity index is 1.16. The molecule has 2 heteroatoms. The molecule has 9 aromatic carbocycles. The Bertz CT molecular complexity index is 3490. The Labute approximate surface area is 348 Å². The second-order valence-corrected chi connectivity index (χ2v) is 15.8. The lowest BCUT2D eigenvalue weighted by atomic mass is 9.96. The predicted octanol–water partition coefficient (Wildman–Crippen LogP) is 15.8. The van der Waals surface area contributed by atoms with Gasteiger partial charge in [-0.3, -0.25) is 0 Å². The van der Waals surface area contributed by atoms with Crippen molar-refractivity contribution in [1.29, 1.82) is 0 Å². The molecule has 0 spiro atoms. The maximum atomic E-state index is 4.26. The summed E-state index contributed by atoms with van der Waals surface area (Å²) in [6, 6.07) is 71.1. The van der Waals surface area contributed by atoms with Crippen LogP contribution in [-0.4, -0.2) is 9.13 Å². The Kier molecular flexibility index (Phi) is 7.57. The summed E-state index contributed by atoms with van der Waals surface area (Å²) >= 11 is 0. The second-order valence-electron chi connectivity index (χ2n) is 15.8. The number of nitrogens with zero attached hydrogens (tertiary/aromatic N) is 2. The third-order valence-electron chi connectivity index (χ3n) is 12.6. The van der Waals surface area contributed by atoms with E-state index in [1.54, 1.807) is 0 Å². The molecule has 12 rings (SSSR count). The lowest BCUT2D eigenvalue weighted by Gasteiger charge is -2.15. The summed E-state index contributed by atoms with van der Waals surface area (Å²) in [6.07, 6.45) is 3.91. The van der Waals surface area contributed by atoms with Crippen molar-refractivity contribution >= 4 is 55.6 Å². The molecule has 2 aromatic heterocycles. The summed E-state index contributed by atoms with van der Waals surface area (Å²) in [5.74, 6) is 0. The molecule has 0 saturated heterocycles. The SMILES string of the molecule is C=Cc1c(C=C)n(-c2ccccc2)c2ccc(-c3ccc4c(c3)c3c5cccc6c5c(cc3n4-c3cc(-c4ccccc4)cc(-c4ccccc4)c3)-c3ccccc3-6)cc12. The van der Waals surface area contributed by atoms with Crippen LogP contribution in [0.25, 0.3) is 123 Å². The van der Waals surface area contributed by atoms with Crippen molar-refractivity contribution in [3.05, 3.63) is 219 Å². The lowest BCUT2D eigenvalue weighted by Crippen LogP contribution is -1.96. The molecule has 0 aliphatic heterocycles. The first-order valence-corrected chi connectivity index (χ1v) is 20.6. The number of hydrogen-bond donors (Lipinski definition) is 0. The van der Waals surface area contributed by atoms with Crippen molar-refractivity contribution in [2.45, 2.75) is 0 Å². The van der Waals surface area contributed by atoms with Crippen LogP contribution in [0.15, 0.2) is 207 Å². The first-order valence-electron chi connectivity index (χ1n) is 20.6. The minimum absolute atomic E-state index is 1.04. The maximum Gasteiger partial charge on any atom is 0.0553 e. The highest BCUT2D eigenvalue weighted by Crippen LogP contribution is 2.51. The largest absolute Gasteiger partial charge is 0.309 e. The Morgan fingerprint density at radius 2 is 0.883 bits per heavy atom. The molecule has 0 amide bonds. The summed E-state index contributed by atoms with van der Waals surface area (Å²) in [7, 11) is 0. The van der Waals surface area contributed by atoms with E-state index < -0.39 is 0 Å². The van der Waals surface area contributed by atoms with Crippen LogP contribution in [0.4, 0.5) is 0 Å². The average molecular weight is 763 g/mol. The monoisotopic (exact) mass is 762 g/mol. The fourth-order valence-corrected chi connectivity index (χ4v) is 9.96. The molecule has 0 bridgehead atoms. The molecular formula is C58H38N2. The molecule has 280 valence electrons. The second kappa shape index (κ2) is 13.3. The lowest BCUT2D eigenvalue weighted by molar-refractivity contribution is 1.11. The standard InChI is InChI=1S/C58H38N2/c1-3-45-50-34-39(27-29-54(50)59(53(45)4-2)43-21-12-7-13-22-43)40-28-30-55-52(35-40)58-49-26-16-25-48-46-23-14-15-24-47(46)51(57(48)49)36-56(58)60(55)44-32-41(37-17-8-5-9-18-37)31-42(33-44)38-19-10-6-11-20-38/h3-36H,1-2H2. The molecule has 0 saturated carbocycles. The van der Waals surface area contributed by atoms with Gasteiger partial charge in [-0.1, -0.05) is 153 Å². The summed E-state index contributed by atoms with van der Waals surface area (Å²) in [5.41, 5.74) is 20.1. The van der Waals surface area contributed by atoms with Crippen LogP contribution in [-0.2, 0) is 0 Å². The van der Waals surface area contributed by atoms with Gasteiger partial charge in [0.1, 0.15) is 0 Å². The van der Waals surface area contributed by atoms with Gasteiger partial charge in [0.15, 0.2) is 0 Å². The first kappa shape index (κ1) is 34.1. The molecule has 0 unspecified atom stereocenters. The Hall–Kier alpha value is -7.94. The van der Waals surface area contributed by atoms with Crippen LogP contribution in [0.5, 0.6) is 0 Å². The zero-order valence-electron chi connectivity index (χ0n) is 32.9. The van der Waals surface area contributed by atoms with E-state index in [2.05, 4.69) is 216 Å². The van der Waals surface area contributed by atoms with E-state index in [9.17, 15) is 0 Å². The Morgan fingerprint density at radius 1 is 0.317 bits per heavy atom. The van der Waals surface area contributed by atoms with E-state index >= 15 is 0 Å². The minimum Gasteiger partial charge on any atom is -0.309 e. The van der Waals surface area contributed by atoms with Crippen LogP contribution in [0.1, 0.15) is 11.3 Å². The van der Waals surface area contributed by atoms with Crippen molar-refractivity contribution < 1.29 is 0 Å². The molecule has 2 heterocycles. The summed E-state index contributed by atoms with van der Waals surface area (Å²) in [4.78, 5) is 0. The van der Waals surface area contributed by atoms with Crippen LogP contribution in [0, 0.1) is 0 Å². The number of aromatic nitrogens is 2. The third kappa shape index (κ3) is 5.01. The van der Waals surface area contributed by atoms with Crippen molar-refractivity contribution in [2.24, 2.45) is 0 Å². The molecule has 0 atom stereocenters. The quantitative estimate of drug-likeness (QED) is 0.153. The van der Waals surface area contributed by atoms with E-state index in [1.807, 2.05) is 12.2 Å². The molecular weight excluding hydrogens is 725 g/mol. The van der Waals surface area contributed by atoms with Crippen LogP contribution in [0.3, 0.4) is 0 Å². The van der Waals surface area contributed by atoms with Crippen molar-refractivity contribution in [2.75, 3.05) is 0 Å². The number of fused-ring (bicyclic) bond motifs is 8. The highest BCUT2D eigenvalue weighted by Gasteiger charge is 2.26. The molecule has 0 radical (unpaired) electrons. The zero-order chi connectivity index (χ0) is 39.9. The molecule has 0 N–H and O–H groups in total. The average Bonchev–Trinajstić information content (AvgIpc) is 3.95. The van der Waals surface area contributed by atoms with Gasteiger partial charge in [0.05, 0.1) is 22.2 Å². The van der Waals surface area contributed by atoms with Gasteiger partial charge in [0.25, 0.3) is 0 Å². The molecule has 1 aliphatic rings. The summed E-state index contributed by atoms with van der Waals surface area (Å²) in [5, 5.41) is 6.25. The normalized spacial score (nSPS) is 11.8. The molecule has 0 fully saturated rings. The van der Waals surface area contributed by atoms with E-state index in [-0.39, 0.29) is 0 Å². The van der Waals surface area contributed by atoms with E-state index in [0.29, 0.717) is 0 Å². The molecule has 2 nitrogen and oxygen atoms in total. The highest BCUT2D eigenvalue weighted by molar-refractivity contribution is 6.29. The summed E-state index contributed by atoms with van der Waals surface area (Å²) in [6.45, 7) is 8.48. The van der Waals surface area contributed by atoms with Gasteiger partial charge in [0, 0.05) is 33.1 Å².